The number of rotatable bonds is 4. The second-order valence-corrected chi connectivity index (χ2v) is 6.13. The van der Waals surface area contributed by atoms with Gasteiger partial charge in [-0.05, 0) is 13.0 Å². The van der Waals surface area contributed by atoms with E-state index in [4.69, 9.17) is 10.5 Å². The van der Waals surface area contributed by atoms with Gasteiger partial charge in [0.25, 0.3) is 0 Å². The molecular formula is C17H25ClN4O2. The maximum absolute atomic E-state index is 11.5. The summed E-state index contributed by atoms with van der Waals surface area (Å²) in [6, 6.07) is 8.17. The van der Waals surface area contributed by atoms with E-state index >= 15 is 0 Å². The third-order valence-electron chi connectivity index (χ3n) is 4.63. The van der Waals surface area contributed by atoms with Crippen LogP contribution >= 0.6 is 12.4 Å². The molecule has 3 rings (SSSR count). The number of para-hydroxylation sites is 1. The van der Waals surface area contributed by atoms with Crippen LogP contribution in [0.4, 0.5) is 5.69 Å². The maximum atomic E-state index is 11.5. The summed E-state index contributed by atoms with van der Waals surface area (Å²) in [5.41, 5.74) is 7.63. The minimum absolute atomic E-state index is 0. The molecule has 7 heteroatoms. The zero-order valence-electron chi connectivity index (χ0n) is 13.9. The highest BCUT2D eigenvalue weighted by Crippen LogP contribution is 2.29. The normalized spacial score (nSPS) is 24.5. The van der Waals surface area contributed by atoms with Crippen molar-refractivity contribution in [2.75, 3.05) is 37.9 Å². The van der Waals surface area contributed by atoms with Crippen LogP contribution in [0.2, 0.25) is 0 Å². The third-order valence-corrected chi connectivity index (χ3v) is 4.63. The number of ether oxygens (including phenoxy) is 1. The van der Waals surface area contributed by atoms with E-state index in [2.05, 4.69) is 28.6 Å². The molecule has 24 heavy (non-hydrogen) atoms. The minimum atomic E-state index is -0.476. The van der Waals surface area contributed by atoms with Crippen molar-refractivity contribution in [3.63, 3.8) is 0 Å². The van der Waals surface area contributed by atoms with E-state index in [9.17, 15) is 4.79 Å². The van der Waals surface area contributed by atoms with Crippen LogP contribution < -0.4 is 16.0 Å². The Morgan fingerprint density at radius 2 is 2.12 bits per heavy atom. The van der Waals surface area contributed by atoms with Crippen molar-refractivity contribution in [2.45, 2.75) is 19.1 Å². The number of piperazine rings is 1. The van der Waals surface area contributed by atoms with Crippen molar-refractivity contribution in [1.82, 2.24) is 10.2 Å². The summed E-state index contributed by atoms with van der Waals surface area (Å²) >= 11 is 0. The van der Waals surface area contributed by atoms with Crippen LogP contribution in [0.25, 0.3) is 5.57 Å². The van der Waals surface area contributed by atoms with E-state index in [-0.39, 0.29) is 12.4 Å². The molecule has 1 aromatic rings. The average molecular weight is 353 g/mol. The number of halogens is 1. The predicted octanol–water partition coefficient (Wildman–Crippen LogP) is 1.02. The molecule has 0 spiro atoms. The lowest BCUT2D eigenvalue weighted by Crippen LogP contribution is -2.57. The lowest BCUT2D eigenvalue weighted by atomic mass is 10.0. The molecule has 0 aromatic heterocycles. The van der Waals surface area contributed by atoms with Crippen LogP contribution in [0.15, 0.2) is 30.8 Å². The number of primary amides is 1. The number of anilines is 1. The van der Waals surface area contributed by atoms with Crippen molar-refractivity contribution in [3.8, 4) is 0 Å². The van der Waals surface area contributed by atoms with Gasteiger partial charge in [0.15, 0.2) is 0 Å². The van der Waals surface area contributed by atoms with Gasteiger partial charge < -0.3 is 15.4 Å². The first-order valence-corrected chi connectivity index (χ1v) is 7.98. The van der Waals surface area contributed by atoms with Crippen LogP contribution in [0, 0.1) is 0 Å². The Bertz CT molecular complexity index is 604. The molecule has 0 aliphatic carbocycles. The van der Waals surface area contributed by atoms with Crippen LogP contribution in [-0.4, -0.2) is 56.0 Å². The van der Waals surface area contributed by atoms with Crippen molar-refractivity contribution in [2.24, 2.45) is 5.73 Å². The lowest BCUT2D eigenvalue weighted by Gasteiger charge is -2.43. The summed E-state index contributed by atoms with van der Waals surface area (Å²) in [6.07, 6.45) is 0.301. The minimum Gasteiger partial charge on any atom is -0.366 e. The second kappa shape index (κ2) is 7.98. The summed E-state index contributed by atoms with van der Waals surface area (Å²) < 4.78 is 5.40. The van der Waals surface area contributed by atoms with E-state index in [0.717, 1.165) is 37.5 Å². The van der Waals surface area contributed by atoms with Crippen molar-refractivity contribution < 1.29 is 9.53 Å². The molecule has 0 bridgehead atoms. The average Bonchev–Trinajstić information content (AvgIpc) is 3.08. The van der Waals surface area contributed by atoms with Gasteiger partial charge >= 0.3 is 0 Å². The molecular weight excluding hydrogens is 328 g/mol. The molecule has 2 atom stereocenters. The monoisotopic (exact) mass is 352 g/mol. The Morgan fingerprint density at radius 3 is 2.75 bits per heavy atom. The molecule has 1 amide bonds. The molecule has 0 radical (unpaired) electrons. The molecule has 1 unspecified atom stereocenters. The third kappa shape index (κ3) is 3.72. The maximum Gasteiger partial charge on any atom is 0.248 e. The van der Waals surface area contributed by atoms with E-state index < -0.39 is 5.91 Å². The van der Waals surface area contributed by atoms with Gasteiger partial charge in [-0.1, -0.05) is 24.8 Å². The number of benzene rings is 1. The fraction of sp³-hybridized carbons (Fsp3) is 0.471. The van der Waals surface area contributed by atoms with Crippen molar-refractivity contribution >= 4 is 29.6 Å². The zero-order chi connectivity index (χ0) is 16.4. The molecule has 6 nitrogen and oxygen atoms in total. The molecule has 1 aromatic carbocycles. The van der Waals surface area contributed by atoms with Gasteiger partial charge in [0, 0.05) is 42.5 Å². The standard InChI is InChI=1S/C17H24N4O2.ClH/c1-12-9-20(16-10-23-11-19-16)7-8-21(12)15-6-4-3-5-14(15)13(2)17(18)22;/h3-6,12,16,19H,2,7-11H2,1H3,(H2,18,22);1H/t12-,16?;/m0./s1. The number of hydrogen-bond acceptors (Lipinski definition) is 5. The Labute approximate surface area is 149 Å². The highest BCUT2D eigenvalue weighted by molar-refractivity contribution is 6.19. The second-order valence-electron chi connectivity index (χ2n) is 6.13. The topological polar surface area (TPSA) is 70.8 Å². The molecule has 2 saturated heterocycles. The van der Waals surface area contributed by atoms with Crippen molar-refractivity contribution in [3.05, 3.63) is 36.4 Å². The molecule has 2 fully saturated rings. The van der Waals surface area contributed by atoms with Gasteiger partial charge in [0.2, 0.25) is 5.91 Å². The highest BCUT2D eigenvalue weighted by atomic mass is 35.5. The van der Waals surface area contributed by atoms with Crippen LogP contribution in [-0.2, 0) is 9.53 Å². The van der Waals surface area contributed by atoms with Gasteiger partial charge in [-0.3, -0.25) is 15.0 Å². The fourth-order valence-electron chi connectivity index (χ4n) is 3.36. The molecule has 2 heterocycles. The number of nitrogens with two attached hydrogens (primary N) is 1. The predicted molar refractivity (Wildman–Crippen MR) is 98.0 cm³/mol. The number of nitrogens with one attached hydrogen (secondary N) is 1. The number of nitrogens with zero attached hydrogens (tertiary/aromatic N) is 2. The quantitative estimate of drug-likeness (QED) is 0.792. The van der Waals surface area contributed by atoms with E-state index in [0.29, 0.717) is 24.5 Å². The number of carbonyl (C=O) groups is 1. The smallest absolute Gasteiger partial charge is 0.248 e. The number of amides is 1. The summed E-state index contributed by atoms with van der Waals surface area (Å²) in [5, 5.41) is 3.36. The summed E-state index contributed by atoms with van der Waals surface area (Å²) in [4.78, 5) is 16.3. The van der Waals surface area contributed by atoms with Crippen LogP contribution in [0.5, 0.6) is 0 Å². The molecule has 0 saturated carbocycles. The summed E-state index contributed by atoms with van der Waals surface area (Å²) in [5.74, 6) is -0.476. The number of carbonyl (C=O) groups excluding carboxylic acids is 1. The molecule has 2 aliphatic rings. The first kappa shape index (κ1) is 18.7. The van der Waals surface area contributed by atoms with Crippen LogP contribution in [0.1, 0.15) is 12.5 Å². The largest absolute Gasteiger partial charge is 0.366 e. The van der Waals surface area contributed by atoms with E-state index in [1.54, 1.807) is 0 Å². The highest BCUT2D eigenvalue weighted by Gasteiger charge is 2.31. The first-order chi connectivity index (χ1) is 11.1. The lowest BCUT2D eigenvalue weighted by molar-refractivity contribution is -0.112. The van der Waals surface area contributed by atoms with Gasteiger partial charge in [-0.15, -0.1) is 12.4 Å². The first-order valence-electron chi connectivity index (χ1n) is 7.98. The number of hydrogen-bond donors (Lipinski definition) is 2. The van der Waals surface area contributed by atoms with E-state index in [1.165, 1.54) is 0 Å². The fourth-order valence-corrected chi connectivity index (χ4v) is 3.36. The SMILES string of the molecule is C=C(C(N)=O)c1ccccc1N1CCN(C2COCN2)C[C@@H]1C.Cl. The van der Waals surface area contributed by atoms with Gasteiger partial charge in [0.1, 0.15) is 0 Å². The van der Waals surface area contributed by atoms with Gasteiger partial charge in [-0.2, -0.15) is 0 Å². The Balaban J connectivity index is 0.00000208. The molecule has 132 valence electrons. The van der Waals surface area contributed by atoms with Crippen molar-refractivity contribution in [1.29, 1.82) is 0 Å². The van der Waals surface area contributed by atoms with Gasteiger partial charge in [-0.25, -0.2) is 0 Å². The Hall–Kier alpha value is -1.60. The van der Waals surface area contributed by atoms with E-state index in [1.807, 2.05) is 24.3 Å². The molecule has 2 aliphatic heterocycles. The van der Waals surface area contributed by atoms with Crippen LogP contribution in [0.3, 0.4) is 0 Å². The summed E-state index contributed by atoms with van der Waals surface area (Å²) in [7, 11) is 0. The zero-order valence-corrected chi connectivity index (χ0v) is 14.7. The Kier molecular flexibility index (Phi) is 6.23. The summed E-state index contributed by atoms with van der Waals surface area (Å²) in [6.45, 7) is 10.2. The van der Waals surface area contributed by atoms with Gasteiger partial charge in [0.05, 0.1) is 19.5 Å². The Morgan fingerprint density at radius 1 is 1.38 bits per heavy atom. The molecule has 3 N–H and O–H groups in total.